The summed E-state index contributed by atoms with van der Waals surface area (Å²) < 4.78 is 15.8. The summed E-state index contributed by atoms with van der Waals surface area (Å²) in [4.78, 5) is 38.1. The van der Waals surface area contributed by atoms with Crippen molar-refractivity contribution in [2.75, 3.05) is 16.1 Å². The lowest BCUT2D eigenvalue weighted by Crippen LogP contribution is -2.36. The van der Waals surface area contributed by atoms with Crippen molar-refractivity contribution in [2.24, 2.45) is 0 Å². The fraction of sp³-hybridized carbons (Fsp3) is 0. The molecule has 0 radical (unpaired) electrons. The van der Waals surface area contributed by atoms with E-state index < -0.39 is 23.5 Å². The fourth-order valence-corrected chi connectivity index (χ4v) is 3.98. The van der Waals surface area contributed by atoms with Crippen molar-refractivity contribution in [2.45, 2.75) is 0 Å². The van der Waals surface area contributed by atoms with Crippen molar-refractivity contribution in [3.63, 3.8) is 0 Å². The molecule has 3 aromatic carbocycles. The zero-order valence-corrected chi connectivity index (χ0v) is 20.1. The summed E-state index contributed by atoms with van der Waals surface area (Å²) in [6, 6.07) is 16.6. The predicted octanol–water partition coefficient (Wildman–Crippen LogP) is 5.81. The molecule has 4 aromatic rings. The standard InChI is InChI=1S/C23H14BrCl2FN4O3/c24-13-5-8-19-12(9-13)10-20(21(32)28-17-7-6-14(25)11-15(17)26)31(19)30-23(34)22(33)29-18-4-2-1-3-16(18)27/h1-11H,(H,28,32)(H,29,33)(H,30,34). The van der Waals surface area contributed by atoms with Crippen LogP contribution in [0.5, 0.6) is 0 Å². The molecule has 11 heteroatoms. The van der Waals surface area contributed by atoms with Gasteiger partial charge < -0.3 is 10.6 Å². The Bertz CT molecular complexity index is 1460. The highest BCUT2D eigenvalue weighted by molar-refractivity contribution is 9.10. The number of benzene rings is 3. The number of carbonyl (C=O) groups excluding carboxylic acids is 3. The molecule has 3 amide bonds. The van der Waals surface area contributed by atoms with Gasteiger partial charge in [-0.25, -0.2) is 9.07 Å². The van der Waals surface area contributed by atoms with Crippen molar-refractivity contribution < 1.29 is 18.8 Å². The van der Waals surface area contributed by atoms with Gasteiger partial charge in [0.15, 0.2) is 0 Å². The third kappa shape index (κ3) is 5.06. The molecule has 0 aliphatic rings. The van der Waals surface area contributed by atoms with Crippen LogP contribution in [0.15, 0.2) is 71.2 Å². The minimum Gasteiger partial charge on any atom is -0.319 e. The Kier molecular flexibility index (Phi) is 6.87. The van der Waals surface area contributed by atoms with Crippen molar-refractivity contribution in [3.8, 4) is 0 Å². The summed E-state index contributed by atoms with van der Waals surface area (Å²) in [7, 11) is 0. The van der Waals surface area contributed by atoms with Crippen LogP contribution in [0.2, 0.25) is 10.0 Å². The second-order valence-corrected chi connectivity index (χ2v) is 8.78. The number of rotatable bonds is 4. The minimum atomic E-state index is -1.11. The quantitative estimate of drug-likeness (QED) is 0.274. The maximum atomic E-state index is 13.8. The number of amides is 3. The van der Waals surface area contributed by atoms with E-state index in [1.54, 1.807) is 24.3 Å². The van der Waals surface area contributed by atoms with Crippen LogP contribution in [0.25, 0.3) is 10.9 Å². The number of carbonyl (C=O) groups is 3. The van der Waals surface area contributed by atoms with Gasteiger partial charge in [-0.3, -0.25) is 19.8 Å². The highest BCUT2D eigenvalue weighted by Gasteiger charge is 2.22. The van der Waals surface area contributed by atoms with E-state index in [4.69, 9.17) is 23.2 Å². The maximum absolute atomic E-state index is 13.8. The van der Waals surface area contributed by atoms with Gasteiger partial charge in [-0.1, -0.05) is 51.3 Å². The van der Waals surface area contributed by atoms with Crippen molar-refractivity contribution in [1.82, 2.24) is 4.68 Å². The highest BCUT2D eigenvalue weighted by Crippen LogP contribution is 2.27. The second kappa shape index (κ2) is 9.84. The molecule has 0 spiro atoms. The van der Waals surface area contributed by atoms with Gasteiger partial charge in [-0.05, 0) is 54.6 Å². The van der Waals surface area contributed by atoms with Gasteiger partial charge in [0.2, 0.25) is 0 Å². The summed E-state index contributed by atoms with van der Waals surface area (Å²) >= 11 is 15.4. The Balaban J connectivity index is 1.65. The number of hydrogen-bond donors (Lipinski definition) is 3. The van der Waals surface area contributed by atoms with E-state index >= 15 is 0 Å². The number of fused-ring (bicyclic) bond motifs is 1. The van der Waals surface area contributed by atoms with E-state index in [0.29, 0.717) is 21.6 Å². The van der Waals surface area contributed by atoms with Gasteiger partial charge in [0.05, 0.1) is 21.9 Å². The van der Waals surface area contributed by atoms with E-state index in [9.17, 15) is 18.8 Å². The van der Waals surface area contributed by atoms with Gasteiger partial charge >= 0.3 is 11.8 Å². The molecule has 0 saturated heterocycles. The summed E-state index contributed by atoms with van der Waals surface area (Å²) in [6.45, 7) is 0. The van der Waals surface area contributed by atoms with Crippen LogP contribution in [-0.4, -0.2) is 22.4 Å². The van der Waals surface area contributed by atoms with Crippen molar-refractivity contribution in [1.29, 1.82) is 0 Å². The van der Waals surface area contributed by atoms with Crippen LogP contribution in [0.4, 0.5) is 15.8 Å². The number of hydrogen-bond acceptors (Lipinski definition) is 3. The molecule has 34 heavy (non-hydrogen) atoms. The maximum Gasteiger partial charge on any atom is 0.328 e. The monoisotopic (exact) mass is 562 g/mol. The molecule has 0 unspecified atom stereocenters. The first-order valence-corrected chi connectivity index (χ1v) is 11.2. The Hall–Kier alpha value is -3.40. The molecular formula is C23H14BrCl2FN4O3. The number of anilines is 2. The van der Waals surface area contributed by atoms with Crippen molar-refractivity contribution >= 4 is 79.1 Å². The average Bonchev–Trinajstić information content (AvgIpc) is 3.14. The van der Waals surface area contributed by atoms with Crippen LogP contribution >= 0.6 is 39.1 Å². The molecule has 1 heterocycles. The molecule has 7 nitrogen and oxygen atoms in total. The molecule has 0 aliphatic carbocycles. The lowest BCUT2D eigenvalue weighted by Gasteiger charge is -2.13. The average molecular weight is 564 g/mol. The molecule has 1 aromatic heterocycles. The third-order valence-corrected chi connectivity index (χ3v) is 5.76. The zero-order chi connectivity index (χ0) is 24.4. The molecule has 0 saturated carbocycles. The Labute approximate surface area is 210 Å². The number of nitrogens with one attached hydrogen (secondary N) is 3. The van der Waals surface area contributed by atoms with E-state index in [0.717, 1.165) is 10.5 Å². The SMILES string of the molecule is O=C(Nc1ccccc1F)C(=O)Nn1c(C(=O)Nc2ccc(Cl)cc2Cl)cc2cc(Br)ccc21. The van der Waals surface area contributed by atoms with E-state index in [-0.39, 0.29) is 16.4 Å². The molecule has 3 N–H and O–H groups in total. The van der Waals surface area contributed by atoms with E-state index in [1.165, 1.54) is 41.1 Å². The minimum absolute atomic E-state index is 0.0196. The number of nitrogens with zero attached hydrogens (tertiary/aromatic N) is 1. The van der Waals surface area contributed by atoms with Crippen molar-refractivity contribution in [3.05, 3.63) is 92.8 Å². The smallest absolute Gasteiger partial charge is 0.319 e. The van der Waals surface area contributed by atoms with E-state index in [2.05, 4.69) is 32.0 Å². The van der Waals surface area contributed by atoms with Crippen LogP contribution in [0.1, 0.15) is 10.5 Å². The Morgan fingerprint density at radius 2 is 1.62 bits per heavy atom. The Morgan fingerprint density at radius 3 is 2.35 bits per heavy atom. The van der Waals surface area contributed by atoms with Gasteiger partial charge in [0.1, 0.15) is 11.5 Å². The summed E-state index contributed by atoms with van der Waals surface area (Å²) in [6.07, 6.45) is 0. The molecule has 0 fully saturated rings. The zero-order valence-electron chi connectivity index (χ0n) is 17.0. The molecule has 4 rings (SSSR count). The largest absolute Gasteiger partial charge is 0.328 e. The van der Waals surface area contributed by atoms with Crippen LogP contribution in [0.3, 0.4) is 0 Å². The fourth-order valence-electron chi connectivity index (χ4n) is 3.14. The van der Waals surface area contributed by atoms with Gasteiger partial charge in [0.25, 0.3) is 5.91 Å². The number of aromatic nitrogens is 1. The molecular weight excluding hydrogens is 550 g/mol. The Morgan fingerprint density at radius 1 is 0.853 bits per heavy atom. The van der Waals surface area contributed by atoms with Gasteiger partial charge in [-0.15, -0.1) is 0 Å². The van der Waals surface area contributed by atoms with Crippen LogP contribution in [0, 0.1) is 5.82 Å². The highest BCUT2D eigenvalue weighted by atomic mass is 79.9. The second-order valence-electron chi connectivity index (χ2n) is 7.02. The predicted molar refractivity (Wildman–Crippen MR) is 133 cm³/mol. The lowest BCUT2D eigenvalue weighted by molar-refractivity contribution is -0.133. The molecule has 0 bridgehead atoms. The lowest BCUT2D eigenvalue weighted by atomic mass is 10.2. The number of para-hydroxylation sites is 1. The first kappa shape index (κ1) is 23.7. The van der Waals surface area contributed by atoms with Crippen LogP contribution in [-0.2, 0) is 9.59 Å². The van der Waals surface area contributed by atoms with Gasteiger partial charge in [-0.2, -0.15) is 0 Å². The normalized spacial score (nSPS) is 10.7. The third-order valence-electron chi connectivity index (χ3n) is 4.72. The molecule has 0 atom stereocenters. The summed E-state index contributed by atoms with van der Waals surface area (Å²) in [5, 5.41) is 6.09. The van der Waals surface area contributed by atoms with E-state index in [1.807, 2.05) is 0 Å². The topological polar surface area (TPSA) is 92.2 Å². The number of halogens is 4. The summed E-state index contributed by atoms with van der Waals surface area (Å²) in [5.74, 6) is -3.52. The first-order chi connectivity index (χ1) is 16.2. The molecule has 0 aliphatic heterocycles. The van der Waals surface area contributed by atoms with Crippen LogP contribution < -0.4 is 16.1 Å². The first-order valence-electron chi connectivity index (χ1n) is 9.67. The summed E-state index contributed by atoms with van der Waals surface area (Å²) in [5.41, 5.74) is 3.01. The molecule has 172 valence electrons. The van der Waals surface area contributed by atoms with Gasteiger partial charge in [0, 0.05) is 14.9 Å².